The number of carbonyl (C=O) groups excluding carboxylic acids is 2. The number of morpholine rings is 1. The quantitative estimate of drug-likeness (QED) is 0.669. The maximum atomic E-state index is 11.8. The van der Waals surface area contributed by atoms with Crippen LogP contribution in [0.4, 0.5) is 0 Å². The molecular formula is C12H22N2O4. The lowest BCUT2D eigenvalue weighted by atomic mass is 10.1. The fraction of sp³-hybridized carbons (Fsp3) is 0.833. The van der Waals surface area contributed by atoms with Gasteiger partial charge in [-0.2, -0.15) is 0 Å². The van der Waals surface area contributed by atoms with Crippen LogP contribution in [0.2, 0.25) is 0 Å². The molecule has 0 unspecified atom stereocenters. The van der Waals surface area contributed by atoms with E-state index in [-0.39, 0.29) is 43.1 Å². The van der Waals surface area contributed by atoms with Gasteiger partial charge in [-0.25, -0.2) is 0 Å². The predicted molar refractivity (Wildman–Crippen MR) is 66.1 cm³/mol. The Morgan fingerprint density at radius 3 is 2.83 bits per heavy atom. The molecule has 1 amide bonds. The first kappa shape index (κ1) is 14.9. The van der Waals surface area contributed by atoms with Gasteiger partial charge in [-0.15, -0.1) is 0 Å². The summed E-state index contributed by atoms with van der Waals surface area (Å²) in [6.45, 7) is 7.01. The van der Waals surface area contributed by atoms with Crippen LogP contribution in [0.5, 0.6) is 0 Å². The maximum Gasteiger partial charge on any atom is 0.307 e. The number of carbonyl (C=O) groups is 2. The molecule has 2 atom stereocenters. The predicted octanol–water partition coefficient (Wildman–Crippen LogP) is -0.179. The van der Waals surface area contributed by atoms with Crippen LogP contribution in [0.1, 0.15) is 27.2 Å². The third-order valence-electron chi connectivity index (χ3n) is 2.59. The van der Waals surface area contributed by atoms with E-state index < -0.39 is 0 Å². The van der Waals surface area contributed by atoms with Gasteiger partial charge in [0.05, 0.1) is 25.2 Å². The van der Waals surface area contributed by atoms with Crippen molar-refractivity contribution in [1.29, 1.82) is 0 Å². The average Bonchev–Trinajstić information content (AvgIpc) is 2.28. The summed E-state index contributed by atoms with van der Waals surface area (Å²) >= 11 is 0. The van der Waals surface area contributed by atoms with Crippen LogP contribution in [-0.4, -0.2) is 49.8 Å². The Balaban J connectivity index is 2.22. The first-order valence-electron chi connectivity index (χ1n) is 6.33. The molecule has 6 heteroatoms. The number of hydrogen-bond donors (Lipinski definition) is 2. The van der Waals surface area contributed by atoms with E-state index in [1.54, 1.807) is 13.8 Å². The van der Waals surface area contributed by atoms with Gasteiger partial charge in [0, 0.05) is 13.1 Å². The maximum absolute atomic E-state index is 11.8. The highest BCUT2D eigenvalue weighted by Gasteiger charge is 2.27. The molecule has 1 aliphatic heterocycles. The van der Waals surface area contributed by atoms with Crippen LogP contribution in [-0.2, 0) is 19.1 Å². The molecule has 0 aromatic heterocycles. The normalized spacial score (nSPS) is 23.8. The van der Waals surface area contributed by atoms with E-state index in [2.05, 4.69) is 10.6 Å². The van der Waals surface area contributed by atoms with Gasteiger partial charge in [0.1, 0.15) is 6.04 Å². The minimum atomic E-state index is -0.347. The zero-order valence-corrected chi connectivity index (χ0v) is 11.2. The van der Waals surface area contributed by atoms with Crippen molar-refractivity contribution in [3.63, 3.8) is 0 Å². The van der Waals surface area contributed by atoms with Crippen molar-refractivity contribution in [3.8, 4) is 0 Å². The lowest BCUT2D eigenvalue weighted by Gasteiger charge is -2.29. The van der Waals surface area contributed by atoms with Gasteiger partial charge in [0.25, 0.3) is 0 Å². The van der Waals surface area contributed by atoms with Crippen LogP contribution in [0, 0.1) is 0 Å². The molecule has 104 valence electrons. The van der Waals surface area contributed by atoms with E-state index in [9.17, 15) is 9.59 Å². The van der Waals surface area contributed by atoms with Crippen LogP contribution in [0.3, 0.4) is 0 Å². The molecule has 6 nitrogen and oxygen atoms in total. The second kappa shape index (κ2) is 7.33. The van der Waals surface area contributed by atoms with E-state index >= 15 is 0 Å². The largest absolute Gasteiger partial charge is 0.463 e. The third-order valence-corrected chi connectivity index (χ3v) is 2.59. The molecule has 0 aromatic carbocycles. The minimum absolute atomic E-state index is 0.123. The van der Waals surface area contributed by atoms with E-state index in [1.807, 2.05) is 6.92 Å². The summed E-state index contributed by atoms with van der Waals surface area (Å²) in [6, 6.07) is -0.347. The lowest BCUT2D eigenvalue weighted by Crippen LogP contribution is -2.55. The summed E-state index contributed by atoms with van der Waals surface area (Å²) in [5, 5.41) is 5.79. The molecule has 0 radical (unpaired) electrons. The molecule has 0 aliphatic carbocycles. The van der Waals surface area contributed by atoms with E-state index in [0.717, 1.165) is 0 Å². The Bertz CT molecular complexity index is 294. The van der Waals surface area contributed by atoms with E-state index in [0.29, 0.717) is 13.2 Å². The molecule has 1 heterocycles. The highest BCUT2D eigenvalue weighted by Crippen LogP contribution is 2.03. The summed E-state index contributed by atoms with van der Waals surface area (Å²) in [5.41, 5.74) is 0. The average molecular weight is 258 g/mol. The molecule has 1 aliphatic rings. The van der Waals surface area contributed by atoms with E-state index in [4.69, 9.17) is 9.47 Å². The topological polar surface area (TPSA) is 76.7 Å². The monoisotopic (exact) mass is 258 g/mol. The number of esters is 1. The minimum Gasteiger partial charge on any atom is -0.463 e. The molecule has 0 spiro atoms. The molecule has 1 rings (SSSR count). The zero-order valence-electron chi connectivity index (χ0n) is 11.2. The SMILES string of the molecule is CC(C)OC(=O)CCNC(=O)[C@H]1NCCO[C@@H]1C. The molecule has 0 aromatic rings. The number of rotatable bonds is 5. The summed E-state index contributed by atoms with van der Waals surface area (Å²) < 4.78 is 10.3. The Hall–Kier alpha value is -1.14. The standard InChI is InChI=1S/C12H22N2O4/c1-8(2)18-10(15)4-5-14-12(16)11-9(3)17-7-6-13-11/h8-9,11,13H,4-7H2,1-3H3,(H,14,16)/t9-,11+/m1/s1. The number of nitrogens with one attached hydrogen (secondary N) is 2. The third kappa shape index (κ3) is 5.01. The van der Waals surface area contributed by atoms with Gasteiger partial charge in [-0.1, -0.05) is 0 Å². The molecule has 1 saturated heterocycles. The van der Waals surface area contributed by atoms with Crippen molar-refractivity contribution in [3.05, 3.63) is 0 Å². The van der Waals surface area contributed by atoms with Crippen LogP contribution in [0.25, 0.3) is 0 Å². The highest BCUT2D eigenvalue weighted by atomic mass is 16.5. The first-order chi connectivity index (χ1) is 8.50. The van der Waals surface area contributed by atoms with Crippen LogP contribution in [0.15, 0.2) is 0 Å². The van der Waals surface area contributed by atoms with E-state index in [1.165, 1.54) is 0 Å². The van der Waals surface area contributed by atoms with Crippen LogP contribution < -0.4 is 10.6 Å². The molecule has 1 fully saturated rings. The number of hydrogen-bond acceptors (Lipinski definition) is 5. The Morgan fingerprint density at radius 1 is 1.50 bits per heavy atom. The Morgan fingerprint density at radius 2 is 2.22 bits per heavy atom. The highest BCUT2D eigenvalue weighted by molar-refractivity contribution is 5.83. The van der Waals surface area contributed by atoms with Crippen molar-refractivity contribution in [2.75, 3.05) is 19.7 Å². The van der Waals surface area contributed by atoms with Gasteiger partial charge < -0.3 is 20.1 Å². The smallest absolute Gasteiger partial charge is 0.307 e. The molecule has 0 saturated carbocycles. The second-order valence-corrected chi connectivity index (χ2v) is 4.59. The number of ether oxygens (including phenoxy) is 2. The van der Waals surface area contributed by atoms with Crippen molar-refractivity contribution in [2.24, 2.45) is 0 Å². The molecule has 18 heavy (non-hydrogen) atoms. The Labute approximate surface area is 107 Å². The Kier molecular flexibility index (Phi) is 6.07. The van der Waals surface area contributed by atoms with Crippen LogP contribution >= 0.6 is 0 Å². The van der Waals surface area contributed by atoms with Gasteiger partial charge >= 0.3 is 5.97 Å². The van der Waals surface area contributed by atoms with Gasteiger partial charge in [-0.05, 0) is 20.8 Å². The van der Waals surface area contributed by atoms with Crippen molar-refractivity contribution in [1.82, 2.24) is 10.6 Å². The number of amides is 1. The fourth-order valence-electron chi connectivity index (χ4n) is 1.75. The summed E-state index contributed by atoms with van der Waals surface area (Å²) in [5.74, 6) is -0.439. The van der Waals surface area contributed by atoms with Gasteiger partial charge in [-0.3, -0.25) is 9.59 Å². The summed E-state index contributed by atoms with van der Waals surface area (Å²) in [4.78, 5) is 23.1. The molecule has 2 N–H and O–H groups in total. The summed E-state index contributed by atoms with van der Waals surface area (Å²) in [7, 11) is 0. The molecule has 0 bridgehead atoms. The second-order valence-electron chi connectivity index (χ2n) is 4.59. The zero-order chi connectivity index (χ0) is 13.5. The van der Waals surface area contributed by atoms with Gasteiger partial charge in [0.15, 0.2) is 0 Å². The first-order valence-corrected chi connectivity index (χ1v) is 6.33. The van der Waals surface area contributed by atoms with Crippen molar-refractivity contribution >= 4 is 11.9 Å². The van der Waals surface area contributed by atoms with Crippen molar-refractivity contribution < 1.29 is 19.1 Å². The fourth-order valence-corrected chi connectivity index (χ4v) is 1.75. The molecular weight excluding hydrogens is 236 g/mol. The summed E-state index contributed by atoms with van der Waals surface area (Å²) in [6.07, 6.45) is -0.0886. The lowest BCUT2D eigenvalue weighted by molar-refractivity contribution is -0.147. The van der Waals surface area contributed by atoms with Gasteiger partial charge in [0.2, 0.25) is 5.91 Å². The van der Waals surface area contributed by atoms with Crippen molar-refractivity contribution in [2.45, 2.75) is 45.4 Å².